The second kappa shape index (κ2) is 5.04. The summed E-state index contributed by atoms with van der Waals surface area (Å²) in [7, 11) is 1.45. The fraction of sp³-hybridized carbons (Fsp3) is 0.222. The Hall–Kier alpha value is -1.20. The number of nitrogens with two attached hydrogens (primary N) is 1. The molecule has 1 aromatic carbocycles. The molecular formula is C9H11ClN2O2S. The number of aromatic hydroxyl groups is 1. The smallest absolute Gasteiger partial charge is 0.176 e. The molecule has 0 aliphatic heterocycles. The van der Waals surface area contributed by atoms with E-state index in [1.165, 1.54) is 7.11 Å². The molecule has 0 aliphatic rings. The van der Waals surface area contributed by atoms with E-state index in [0.717, 1.165) is 5.56 Å². The van der Waals surface area contributed by atoms with Crippen LogP contribution in [0.4, 0.5) is 0 Å². The number of methoxy groups -OCH3 is 1. The average molecular weight is 247 g/mol. The van der Waals surface area contributed by atoms with Crippen LogP contribution in [-0.2, 0) is 6.54 Å². The minimum absolute atomic E-state index is 0.0711. The molecule has 6 heteroatoms. The minimum atomic E-state index is -0.0711. The maximum absolute atomic E-state index is 9.47. The van der Waals surface area contributed by atoms with Gasteiger partial charge in [-0.3, -0.25) is 0 Å². The van der Waals surface area contributed by atoms with Crippen LogP contribution >= 0.6 is 23.8 Å². The third-order valence-electron chi connectivity index (χ3n) is 1.77. The molecule has 0 atom stereocenters. The Balaban J connectivity index is 2.90. The topological polar surface area (TPSA) is 67.5 Å². The second-order valence-electron chi connectivity index (χ2n) is 2.85. The van der Waals surface area contributed by atoms with Crippen LogP contribution in [0.5, 0.6) is 11.5 Å². The van der Waals surface area contributed by atoms with Gasteiger partial charge < -0.3 is 20.9 Å². The molecule has 0 fully saturated rings. The fourth-order valence-corrected chi connectivity index (χ4v) is 1.38. The van der Waals surface area contributed by atoms with E-state index >= 15 is 0 Å². The van der Waals surface area contributed by atoms with Crippen molar-refractivity contribution in [3.8, 4) is 11.5 Å². The first-order valence-electron chi connectivity index (χ1n) is 4.13. The van der Waals surface area contributed by atoms with Crippen molar-refractivity contribution < 1.29 is 9.84 Å². The summed E-state index contributed by atoms with van der Waals surface area (Å²) < 4.78 is 4.95. The van der Waals surface area contributed by atoms with Gasteiger partial charge in [0.05, 0.1) is 12.1 Å². The second-order valence-corrected chi connectivity index (χ2v) is 3.69. The number of hydrogen-bond donors (Lipinski definition) is 3. The predicted molar refractivity (Wildman–Crippen MR) is 63.3 cm³/mol. The Morgan fingerprint density at radius 2 is 2.33 bits per heavy atom. The van der Waals surface area contributed by atoms with Crippen molar-refractivity contribution in [1.29, 1.82) is 0 Å². The van der Waals surface area contributed by atoms with Gasteiger partial charge >= 0.3 is 0 Å². The van der Waals surface area contributed by atoms with E-state index in [9.17, 15) is 5.11 Å². The van der Waals surface area contributed by atoms with E-state index in [2.05, 4.69) is 17.5 Å². The van der Waals surface area contributed by atoms with Crippen molar-refractivity contribution in [3.05, 3.63) is 22.7 Å². The zero-order valence-corrected chi connectivity index (χ0v) is 9.65. The van der Waals surface area contributed by atoms with Gasteiger partial charge in [0.25, 0.3) is 0 Å². The summed E-state index contributed by atoms with van der Waals surface area (Å²) in [6.45, 7) is 0.436. The summed E-state index contributed by atoms with van der Waals surface area (Å²) >= 11 is 10.5. The molecule has 0 unspecified atom stereocenters. The van der Waals surface area contributed by atoms with E-state index in [-0.39, 0.29) is 15.9 Å². The molecule has 0 bridgehead atoms. The van der Waals surface area contributed by atoms with Gasteiger partial charge in [-0.2, -0.15) is 0 Å². The van der Waals surface area contributed by atoms with Crippen molar-refractivity contribution in [2.75, 3.05) is 7.11 Å². The van der Waals surface area contributed by atoms with Crippen molar-refractivity contribution >= 4 is 28.9 Å². The van der Waals surface area contributed by atoms with Crippen molar-refractivity contribution in [2.24, 2.45) is 5.73 Å². The van der Waals surface area contributed by atoms with Gasteiger partial charge in [-0.15, -0.1) is 0 Å². The molecule has 1 rings (SSSR count). The molecule has 4 N–H and O–H groups in total. The van der Waals surface area contributed by atoms with Crippen molar-refractivity contribution in [3.63, 3.8) is 0 Å². The van der Waals surface area contributed by atoms with Crippen LogP contribution in [0.15, 0.2) is 12.1 Å². The van der Waals surface area contributed by atoms with Crippen LogP contribution in [0.3, 0.4) is 0 Å². The molecule has 0 saturated heterocycles. The first-order chi connectivity index (χ1) is 7.04. The third kappa shape index (κ3) is 3.14. The number of benzene rings is 1. The zero-order chi connectivity index (χ0) is 11.4. The van der Waals surface area contributed by atoms with Crippen LogP contribution in [-0.4, -0.2) is 17.3 Å². The van der Waals surface area contributed by atoms with Gasteiger partial charge in [0, 0.05) is 6.54 Å². The Kier molecular flexibility index (Phi) is 3.99. The summed E-state index contributed by atoms with van der Waals surface area (Å²) in [5, 5.41) is 12.7. The van der Waals surface area contributed by atoms with E-state index in [4.69, 9.17) is 22.1 Å². The summed E-state index contributed by atoms with van der Waals surface area (Å²) in [5.41, 5.74) is 6.11. The maximum Gasteiger partial charge on any atom is 0.176 e. The first-order valence-corrected chi connectivity index (χ1v) is 4.92. The number of hydrogen-bond acceptors (Lipinski definition) is 3. The van der Waals surface area contributed by atoms with Crippen LogP contribution in [0.2, 0.25) is 5.02 Å². The SMILES string of the molecule is COc1cc(CNC(N)=S)cc(Cl)c1O. The molecule has 0 radical (unpaired) electrons. The molecule has 0 saturated carbocycles. The van der Waals surface area contributed by atoms with Crippen molar-refractivity contribution in [1.82, 2.24) is 5.32 Å². The monoisotopic (exact) mass is 246 g/mol. The Bertz CT molecular complexity index is 385. The molecule has 0 heterocycles. The lowest BCUT2D eigenvalue weighted by molar-refractivity contribution is 0.373. The quantitative estimate of drug-likeness (QED) is 0.704. The summed E-state index contributed by atoms with van der Waals surface area (Å²) in [4.78, 5) is 0. The number of ether oxygens (including phenoxy) is 1. The molecule has 0 spiro atoms. The Morgan fingerprint density at radius 3 is 2.87 bits per heavy atom. The Labute approximate surface area is 98.0 Å². The number of halogens is 1. The number of nitrogens with one attached hydrogen (secondary N) is 1. The van der Waals surface area contributed by atoms with E-state index in [0.29, 0.717) is 12.3 Å². The standard InChI is InChI=1S/C9H11ClN2O2S/c1-14-7-3-5(4-12-9(11)15)2-6(10)8(7)13/h2-3,13H,4H2,1H3,(H3,11,12,15). The largest absolute Gasteiger partial charge is 0.503 e. The maximum atomic E-state index is 9.47. The highest BCUT2D eigenvalue weighted by molar-refractivity contribution is 7.80. The van der Waals surface area contributed by atoms with Crippen molar-refractivity contribution in [2.45, 2.75) is 6.54 Å². The highest BCUT2D eigenvalue weighted by Gasteiger charge is 2.08. The van der Waals surface area contributed by atoms with Crippen LogP contribution in [0.25, 0.3) is 0 Å². The van der Waals surface area contributed by atoms with Gasteiger partial charge in [0.2, 0.25) is 0 Å². The molecule has 0 aliphatic carbocycles. The van der Waals surface area contributed by atoms with Crippen LogP contribution in [0, 0.1) is 0 Å². The summed E-state index contributed by atoms with van der Waals surface area (Å²) in [5.74, 6) is 0.250. The molecule has 82 valence electrons. The summed E-state index contributed by atoms with van der Waals surface area (Å²) in [6, 6.07) is 3.27. The third-order valence-corrected chi connectivity index (χ3v) is 2.21. The van der Waals surface area contributed by atoms with E-state index in [1.54, 1.807) is 12.1 Å². The lowest BCUT2D eigenvalue weighted by Gasteiger charge is -2.09. The molecular weight excluding hydrogens is 236 g/mol. The predicted octanol–water partition coefficient (Wildman–Crippen LogP) is 1.39. The molecule has 0 amide bonds. The number of phenolic OH excluding ortho intramolecular Hbond substituents is 1. The lowest BCUT2D eigenvalue weighted by Crippen LogP contribution is -2.28. The highest BCUT2D eigenvalue weighted by atomic mass is 35.5. The van der Waals surface area contributed by atoms with E-state index < -0.39 is 0 Å². The van der Waals surface area contributed by atoms with Gasteiger partial charge in [0.1, 0.15) is 0 Å². The average Bonchev–Trinajstić information content (AvgIpc) is 2.19. The zero-order valence-electron chi connectivity index (χ0n) is 8.08. The molecule has 1 aromatic rings. The van der Waals surface area contributed by atoms with Gasteiger partial charge in [-0.05, 0) is 29.9 Å². The number of thiocarbonyl (C=S) groups is 1. The molecule has 15 heavy (non-hydrogen) atoms. The van der Waals surface area contributed by atoms with Crippen LogP contribution in [0.1, 0.15) is 5.56 Å². The van der Waals surface area contributed by atoms with Gasteiger partial charge in [0.15, 0.2) is 16.6 Å². The Morgan fingerprint density at radius 1 is 1.67 bits per heavy atom. The molecule has 0 aromatic heterocycles. The van der Waals surface area contributed by atoms with Gasteiger partial charge in [-0.1, -0.05) is 11.6 Å². The number of rotatable bonds is 3. The fourth-order valence-electron chi connectivity index (χ4n) is 1.07. The number of phenols is 1. The minimum Gasteiger partial charge on any atom is -0.503 e. The first kappa shape index (κ1) is 11.9. The van der Waals surface area contributed by atoms with Crippen LogP contribution < -0.4 is 15.8 Å². The normalized spacial score (nSPS) is 9.73. The summed E-state index contributed by atoms with van der Waals surface area (Å²) in [6.07, 6.45) is 0. The lowest BCUT2D eigenvalue weighted by atomic mass is 10.2. The van der Waals surface area contributed by atoms with Gasteiger partial charge in [-0.25, -0.2) is 0 Å². The molecule has 4 nitrogen and oxygen atoms in total. The van der Waals surface area contributed by atoms with E-state index in [1.807, 2.05) is 0 Å². The highest BCUT2D eigenvalue weighted by Crippen LogP contribution is 2.34.